The molecule has 17 heavy (non-hydrogen) atoms. The molecule has 1 aromatic heterocycles. The molecule has 98 valence electrons. The quantitative estimate of drug-likeness (QED) is 0.790. The van der Waals surface area contributed by atoms with E-state index in [1.807, 2.05) is 6.20 Å². The Morgan fingerprint density at radius 3 is 2.65 bits per heavy atom. The van der Waals surface area contributed by atoms with Crippen LogP contribution in [0.1, 0.15) is 45.6 Å². The minimum Gasteiger partial charge on any atom is -0.331 e. The summed E-state index contributed by atoms with van der Waals surface area (Å²) in [5.74, 6) is 2.54. The Kier molecular flexibility index (Phi) is 5.69. The zero-order chi connectivity index (χ0) is 12.8. The Morgan fingerprint density at radius 1 is 1.35 bits per heavy atom. The number of nitrogens with one attached hydrogen (secondary N) is 1. The second-order valence-electron chi connectivity index (χ2n) is 5.45. The van der Waals surface area contributed by atoms with Crippen LogP contribution in [0.2, 0.25) is 0 Å². The number of imidazole rings is 1. The molecule has 3 heteroatoms. The highest BCUT2D eigenvalue weighted by Gasteiger charge is 2.09. The first-order valence-electron chi connectivity index (χ1n) is 6.76. The predicted molar refractivity (Wildman–Crippen MR) is 73.0 cm³/mol. The molecule has 0 aliphatic rings. The lowest BCUT2D eigenvalue weighted by Crippen LogP contribution is -2.22. The Bertz CT molecular complexity index is 328. The van der Waals surface area contributed by atoms with E-state index >= 15 is 0 Å². The lowest BCUT2D eigenvalue weighted by Gasteiger charge is -2.15. The van der Waals surface area contributed by atoms with Crippen LogP contribution in [-0.2, 0) is 13.1 Å². The molecule has 0 fully saturated rings. The SMILES string of the molecule is CCC(C)Cn1c(CNCC(C)C)cnc1C. The van der Waals surface area contributed by atoms with Crippen molar-refractivity contribution in [1.82, 2.24) is 14.9 Å². The van der Waals surface area contributed by atoms with Gasteiger partial charge in [0, 0.05) is 19.3 Å². The highest BCUT2D eigenvalue weighted by molar-refractivity contribution is 5.04. The van der Waals surface area contributed by atoms with E-state index in [0.717, 1.165) is 25.5 Å². The first-order chi connectivity index (χ1) is 8.04. The zero-order valence-corrected chi connectivity index (χ0v) is 12.0. The molecule has 1 unspecified atom stereocenters. The largest absolute Gasteiger partial charge is 0.331 e. The molecule has 1 rings (SSSR count). The summed E-state index contributed by atoms with van der Waals surface area (Å²) in [6, 6.07) is 0. The van der Waals surface area contributed by atoms with Crippen molar-refractivity contribution < 1.29 is 0 Å². The Balaban J connectivity index is 2.59. The van der Waals surface area contributed by atoms with Crippen molar-refractivity contribution in [2.24, 2.45) is 11.8 Å². The number of aromatic nitrogens is 2. The topological polar surface area (TPSA) is 29.9 Å². The van der Waals surface area contributed by atoms with Crippen molar-refractivity contribution in [3.05, 3.63) is 17.7 Å². The van der Waals surface area contributed by atoms with Crippen LogP contribution >= 0.6 is 0 Å². The van der Waals surface area contributed by atoms with Gasteiger partial charge >= 0.3 is 0 Å². The maximum Gasteiger partial charge on any atom is 0.105 e. The Labute approximate surface area is 106 Å². The average Bonchev–Trinajstić information content (AvgIpc) is 2.61. The van der Waals surface area contributed by atoms with E-state index in [4.69, 9.17) is 0 Å². The maximum atomic E-state index is 4.42. The average molecular weight is 237 g/mol. The molecular formula is C14H27N3. The van der Waals surface area contributed by atoms with Crippen molar-refractivity contribution in [2.75, 3.05) is 6.54 Å². The van der Waals surface area contributed by atoms with Crippen LogP contribution in [-0.4, -0.2) is 16.1 Å². The van der Waals surface area contributed by atoms with Crippen molar-refractivity contribution in [3.8, 4) is 0 Å². The van der Waals surface area contributed by atoms with Crippen LogP contribution in [0, 0.1) is 18.8 Å². The van der Waals surface area contributed by atoms with Crippen molar-refractivity contribution >= 4 is 0 Å². The molecule has 1 N–H and O–H groups in total. The Morgan fingerprint density at radius 2 is 2.06 bits per heavy atom. The van der Waals surface area contributed by atoms with E-state index in [0.29, 0.717) is 11.8 Å². The van der Waals surface area contributed by atoms with Crippen molar-refractivity contribution in [2.45, 2.75) is 54.1 Å². The summed E-state index contributed by atoms with van der Waals surface area (Å²) in [4.78, 5) is 4.42. The second-order valence-corrected chi connectivity index (χ2v) is 5.45. The van der Waals surface area contributed by atoms with Crippen LogP contribution in [0.4, 0.5) is 0 Å². The molecule has 0 radical (unpaired) electrons. The highest BCUT2D eigenvalue weighted by atomic mass is 15.1. The number of hydrogen-bond acceptors (Lipinski definition) is 2. The molecule has 3 nitrogen and oxygen atoms in total. The highest BCUT2D eigenvalue weighted by Crippen LogP contribution is 2.11. The van der Waals surface area contributed by atoms with Crippen LogP contribution in [0.15, 0.2) is 6.20 Å². The molecule has 0 saturated carbocycles. The first-order valence-corrected chi connectivity index (χ1v) is 6.76. The molecule has 0 amide bonds. The fraction of sp³-hybridized carbons (Fsp3) is 0.786. The van der Waals surface area contributed by atoms with Crippen LogP contribution in [0.25, 0.3) is 0 Å². The summed E-state index contributed by atoms with van der Waals surface area (Å²) in [5, 5.41) is 3.49. The monoisotopic (exact) mass is 237 g/mol. The predicted octanol–water partition coefficient (Wildman–Crippen LogP) is 2.98. The molecular weight excluding hydrogens is 210 g/mol. The molecule has 1 heterocycles. The maximum absolute atomic E-state index is 4.42. The molecule has 0 spiro atoms. The summed E-state index contributed by atoms with van der Waals surface area (Å²) in [6.07, 6.45) is 3.22. The molecule has 1 aromatic rings. The van der Waals surface area contributed by atoms with Gasteiger partial charge in [-0.1, -0.05) is 34.1 Å². The van der Waals surface area contributed by atoms with E-state index in [2.05, 4.69) is 49.5 Å². The van der Waals surface area contributed by atoms with Gasteiger partial charge in [-0.3, -0.25) is 0 Å². The summed E-state index contributed by atoms with van der Waals surface area (Å²) in [7, 11) is 0. The third-order valence-corrected chi connectivity index (χ3v) is 3.19. The van der Waals surface area contributed by atoms with Crippen LogP contribution < -0.4 is 5.32 Å². The van der Waals surface area contributed by atoms with Crippen molar-refractivity contribution in [3.63, 3.8) is 0 Å². The minimum absolute atomic E-state index is 0.696. The van der Waals surface area contributed by atoms with E-state index in [9.17, 15) is 0 Å². The van der Waals surface area contributed by atoms with Crippen LogP contribution in [0.5, 0.6) is 0 Å². The normalized spacial score (nSPS) is 13.3. The zero-order valence-electron chi connectivity index (χ0n) is 12.0. The lowest BCUT2D eigenvalue weighted by molar-refractivity contribution is 0.445. The van der Waals surface area contributed by atoms with E-state index in [-0.39, 0.29) is 0 Å². The first kappa shape index (κ1) is 14.2. The fourth-order valence-corrected chi connectivity index (χ4v) is 1.84. The number of aryl methyl sites for hydroxylation is 1. The number of rotatable bonds is 7. The second kappa shape index (κ2) is 6.80. The molecule has 0 saturated heterocycles. The van der Waals surface area contributed by atoms with Crippen molar-refractivity contribution in [1.29, 1.82) is 0 Å². The summed E-state index contributed by atoms with van der Waals surface area (Å²) >= 11 is 0. The van der Waals surface area contributed by atoms with Gasteiger partial charge in [0.2, 0.25) is 0 Å². The van der Waals surface area contributed by atoms with Gasteiger partial charge in [-0.2, -0.15) is 0 Å². The van der Waals surface area contributed by atoms with Gasteiger partial charge in [-0.15, -0.1) is 0 Å². The van der Waals surface area contributed by atoms with Gasteiger partial charge < -0.3 is 9.88 Å². The summed E-state index contributed by atoms with van der Waals surface area (Å²) in [5.41, 5.74) is 1.31. The van der Waals surface area contributed by atoms with E-state index in [1.165, 1.54) is 12.1 Å². The molecule has 0 aliphatic carbocycles. The number of nitrogens with zero attached hydrogens (tertiary/aromatic N) is 2. The van der Waals surface area contributed by atoms with E-state index in [1.54, 1.807) is 0 Å². The van der Waals surface area contributed by atoms with Gasteiger partial charge in [-0.05, 0) is 25.3 Å². The number of hydrogen-bond donors (Lipinski definition) is 1. The molecule has 1 atom stereocenters. The third kappa shape index (κ3) is 4.50. The minimum atomic E-state index is 0.696. The molecule has 0 aliphatic heterocycles. The van der Waals surface area contributed by atoms with Crippen LogP contribution in [0.3, 0.4) is 0 Å². The Hall–Kier alpha value is -0.830. The van der Waals surface area contributed by atoms with E-state index < -0.39 is 0 Å². The third-order valence-electron chi connectivity index (χ3n) is 3.19. The molecule has 0 aromatic carbocycles. The van der Waals surface area contributed by atoms with Gasteiger partial charge in [0.15, 0.2) is 0 Å². The summed E-state index contributed by atoms with van der Waals surface area (Å²) < 4.78 is 2.35. The smallest absolute Gasteiger partial charge is 0.105 e. The van der Waals surface area contributed by atoms with Gasteiger partial charge in [0.25, 0.3) is 0 Å². The molecule has 0 bridgehead atoms. The fourth-order valence-electron chi connectivity index (χ4n) is 1.84. The van der Waals surface area contributed by atoms with Gasteiger partial charge in [-0.25, -0.2) is 4.98 Å². The van der Waals surface area contributed by atoms with Gasteiger partial charge in [0.05, 0.1) is 5.69 Å². The van der Waals surface area contributed by atoms with Gasteiger partial charge in [0.1, 0.15) is 5.82 Å². The standard InChI is InChI=1S/C14H27N3/c1-6-12(4)10-17-13(5)16-9-14(17)8-15-7-11(2)3/h9,11-12,15H,6-8,10H2,1-5H3. The lowest BCUT2D eigenvalue weighted by atomic mass is 10.1. The summed E-state index contributed by atoms with van der Waals surface area (Å²) in [6.45, 7) is 14.2.